The van der Waals surface area contributed by atoms with E-state index in [9.17, 15) is 0 Å². The van der Waals surface area contributed by atoms with Crippen LogP contribution < -0.4 is 10.2 Å². The van der Waals surface area contributed by atoms with Crippen LogP contribution in [0.4, 0.5) is 11.5 Å². The fourth-order valence-corrected chi connectivity index (χ4v) is 2.71. The van der Waals surface area contributed by atoms with E-state index in [1.54, 1.807) is 7.11 Å². The zero-order valence-corrected chi connectivity index (χ0v) is 14.7. The van der Waals surface area contributed by atoms with Crippen LogP contribution in [0.3, 0.4) is 0 Å². The molecule has 0 spiro atoms. The molecule has 24 heavy (non-hydrogen) atoms. The Hall–Kier alpha value is -2.53. The summed E-state index contributed by atoms with van der Waals surface area (Å²) < 4.78 is 7.28. The van der Waals surface area contributed by atoms with Gasteiger partial charge in [0.1, 0.15) is 17.2 Å². The van der Waals surface area contributed by atoms with Crippen molar-refractivity contribution in [2.45, 2.75) is 6.92 Å². The third-order valence-electron chi connectivity index (χ3n) is 4.02. The molecule has 1 aromatic carbocycles. The molecule has 0 aliphatic carbocycles. The summed E-state index contributed by atoms with van der Waals surface area (Å²) in [6.07, 6.45) is 2.11. The van der Waals surface area contributed by atoms with E-state index in [1.807, 2.05) is 14.1 Å². The molecule has 0 aliphatic rings. The minimum absolute atomic E-state index is 0.651. The molecule has 0 aliphatic heterocycles. The van der Waals surface area contributed by atoms with Crippen LogP contribution in [-0.4, -0.2) is 43.7 Å². The Morgan fingerprint density at radius 1 is 1.12 bits per heavy atom. The Morgan fingerprint density at radius 3 is 2.54 bits per heavy atom. The van der Waals surface area contributed by atoms with Crippen LogP contribution in [0.1, 0.15) is 5.56 Å². The quantitative estimate of drug-likeness (QED) is 0.705. The molecular weight excluding hydrogens is 300 g/mol. The van der Waals surface area contributed by atoms with Crippen LogP contribution in [0.15, 0.2) is 42.6 Å². The van der Waals surface area contributed by atoms with E-state index in [2.05, 4.69) is 64.1 Å². The summed E-state index contributed by atoms with van der Waals surface area (Å²) in [5, 5.41) is 3.47. The molecule has 2 aromatic heterocycles. The summed E-state index contributed by atoms with van der Waals surface area (Å²) in [7, 11) is 5.79. The van der Waals surface area contributed by atoms with E-state index in [1.165, 1.54) is 11.3 Å². The normalized spacial score (nSPS) is 11.0. The van der Waals surface area contributed by atoms with Crippen molar-refractivity contribution in [3.05, 3.63) is 48.2 Å². The predicted octanol–water partition coefficient (Wildman–Crippen LogP) is 3.43. The highest BCUT2D eigenvalue weighted by Gasteiger charge is 2.14. The molecule has 126 valence electrons. The second-order valence-corrected chi connectivity index (χ2v) is 6.10. The first kappa shape index (κ1) is 16.3. The largest absolute Gasteiger partial charge is 0.383 e. The number of imidazole rings is 1. The second kappa shape index (κ2) is 6.93. The standard InChI is InChI=1S/C19H24N4O/c1-14-5-10-17-21-18(15-6-8-16(9-7-15)22(2)3)19(23(17)13-14)20-11-12-24-4/h5-10,13,20H,11-12H2,1-4H3. The molecule has 1 N–H and O–H groups in total. The number of fused-ring (bicyclic) bond motifs is 1. The first-order valence-electron chi connectivity index (χ1n) is 8.09. The fourth-order valence-electron chi connectivity index (χ4n) is 2.71. The summed E-state index contributed by atoms with van der Waals surface area (Å²) in [6.45, 7) is 3.48. The van der Waals surface area contributed by atoms with E-state index in [-0.39, 0.29) is 0 Å². The van der Waals surface area contributed by atoms with Gasteiger partial charge in [0.25, 0.3) is 0 Å². The Bertz CT molecular complexity index is 821. The zero-order valence-electron chi connectivity index (χ0n) is 14.7. The highest BCUT2D eigenvalue weighted by atomic mass is 16.5. The Labute approximate surface area is 142 Å². The van der Waals surface area contributed by atoms with Gasteiger partial charge < -0.3 is 15.0 Å². The number of pyridine rings is 1. The van der Waals surface area contributed by atoms with Crippen molar-refractivity contribution in [3.63, 3.8) is 0 Å². The van der Waals surface area contributed by atoms with Crippen LogP contribution in [0, 0.1) is 6.92 Å². The summed E-state index contributed by atoms with van der Waals surface area (Å²) >= 11 is 0. The molecule has 5 nitrogen and oxygen atoms in total. The number of ether oxygens (including phenoxy) is 1. The lowest BCUT2D eigenvalue weighted by Gasteiger charge is -2.13. The van der Waals surface area contributed by atoms with Crippen molar-refractivity contribution < 1.29 is 4.74 Å². The summed E-state index contributed by atoms with van der Waals surface area (Å²) in [5.41, 5.74) is 5.37. The molecule has 0 atom stereocenters. The minimum Gasteiger partial charge on any atom is -0.383 e. The van der Waals surface area contributed by atoms with Crippen LogP contribution in [0.2, 0.25) is 0 Å². The lowest BCUT2D eigenvalue weighted by molar-refractivity contribution is 0.210. The third-order valence-corrected chi connectivity index (χ3v) is 4.02. The van der Waals surface area contributed by atoms with Crippen molar-refractivity contribution in [2.24, 2.45) is 0 Å². The van der Waals surface area contributed by atoms with Crippen molar-refractivity contribution in [1.82, 2.24) is 9.38 Å². The number of methoxy groups -OCH3 is 1. The van der Waals surface area contributed by atoms with Gasteiger partial charge in [0.2, 0.25) is 0 Å². The number of anilines is 2. The number of hydrogen-bond acceptors (Lipinski definition) is 4. The molecule has 5 heteroatoms. The van der Waals surface area contributed by atoms with Crippen LogP contribution in [0.5, 0.6) is 0 Å². The highest BCUT2D eigenvalue weighted by molar-refractivity contribution is 5.77. The molecule has 0 amide bonds. The van der Waals surface area contributed by atoms with Gasteiger partial charge >= 0.3 is 0 Å². The molecule has 0 saturated heterocycles. The second-order valence-electron chi connectivity index (χ2n) is 6.10. The molecule has 2 heterocycles. The topological polar surface area (TPSA) is 41.8 Å². The average molecular weight is 324 g/mol. The van der Waals surface area contributed by atoms with Gasteiger partial charge in [-0.25, -0.2) is 4.98 Å². The molecular formula is C19H24N4O. The molecule has 0 unspecified atom stereocenters. The summed E-state index contributed by atoms with van der Waals surface area (Å²) in [6, 6.07) is 12.6. The Morgan fingerprint density at radius 2 is 1.88 bits per heavy atom. The van der Waals surface area contributed by atoms with E-state index in [0.29, 0.717) is 6.61 Å². The van der Waals surface area contributed by atoms with E-state index < -0.39 is 0 Å². The molecule has 3 aromatic rings. The molecule has 3 rings (SSSR count). The Kier molecular flexibility index (Phi) is 4.71. The van der Waals surface area contributed by atoms with Gasteiger partial charge in [-0.2, -0.15) is 0 Å². The maximum Gasteiger partial charge on any atom is 0.139 e. The predicted molar refractivity (Wildman–Crippen MR) is 100 cm³/mol. The Balaban J connectivity index is 2.06. The average Bonchev–Trinajstić information content (AvgIpc) is 2.93. The van der Waals surface area contributed by atoms with Crippen molar-refractivity contribution in [3.8, 4) is 11.3 Å². The smallest absolute Gasteiger partial charge is 0.139 e. The number of aromatic nitrogens is 2. The van der Waals surface area contributed by atoms with Gasteiger partial charge in [0, 0.05) is 45.2 Å². The first-order chi connectivity index (χ1) is 11.6. The van der Waals surface area contributed by atoms with Gasteiger partial charge in [-0.1, -0.05) is 18.2 Å². The van der Waals surface area contributed by atoms with Gasteiger partial charge in [-0.3, -0.25) is 4.40 Å². The summed E-state index contributed by atoms with van der Waals surface area (Å²) in [5.74, 6) is 1.00. The third kappa shape index (κ3) is 3.21. The van der Waals surface area contributed by atoms with Gasteiger partial charge in [-0.05, 0) is 30.7 Å². The minimum atomic E-state index is 0.651. The van der Waals surface area contributed by atoms with E-state index in [4.69, 9.17) is 9.72 Å². The molecule has 0 fully saturated rings. The van der Waals surface area contributed by atoms with E-state index >= 15 is 0 Å². The molecule has 0 saturated carbocycles. The first-order valence-corrected chi connectivity index (χ1v) is 8.09. The van der Waals surface area contributed by atoms with Crippen LogP contribution >= 0.6 is 0 Å². The highest BCUT2D eigenvalue weighted by Crippen LogP contribution is 2.30. The number of nitrogens with zero attached hydrogens (tertiary/aromatic N) is 3. The number of aryl methyl sites for hydroxylation is 1. The van der Waals surface area contributed by atoms with Crippen molar-refractivity contribution in [1.29, 1.82) is 0 Å². The number of rotatable bonds is 6. The number of benzene rings is 1. The van der Waals surface area contributed by atoms with Gasteiger partial charge in [-0.15, -0.1) is 0 Å². The maximum absolute atomic E-state index is 5.17. The molecule has 0 radical (unpaired) electrons. The molecule has 0 bridgehead atoms. The number of nitrogens with one attached hydrogen (secondary N) is 1. The summed E-state index contributed by atoms with van der Waals surface area (Å²) in [4.78, 5) is 6.92. The van der Waals surface area contributed by atoms with Crippen LogP contribution in [0.25, 0.3) is 16.9 Å². The maximum atomic E-state index is 5.17. The monoisotopic (exact) mass is 324 g/mol. The number of hydrogen-bond donors (Lipinski definition) is 1. The van der Waals surface area contributed by atoms with Gasteiger partial charge in [0.05, 0.1) is 6.61 Å². The fraction of sp³-hybridized carbons (Fsp3) is 0.316. The van der Waals surface area contributed by atoms with Crippen LogP contribution in [-0.2, 0) is 4.74 Å². The van der Waals surface area contributed by atoms with Gasteiger partial charge in [0.15, 0.2) is 0 Å². The lowest BCUT2D eigenvalue weighted by Crippen LogP contribution is -2.10. The van der Waals surface area contributed by atoms with Crippen molar-refractivity contribution >= 4 is 17.2 Å². The lowest BCUT2D eigenvalue weighted by atomic mass is 10.1. The van der Waals surface area contributed by atoms with E-state index in [0.717, 1.165) is 29.3 Å². The van der Waals surface area contributed by atoms with Crippen molar-refractivity contribution in [2.75, 3.05) is 44.6 Å². The SMILES string of the molecule is COCCNc1c(-c2ccc(N(C)C)cc2)nc2ccc(C)cn12. The zero-order chi connectivity index (χ0) is 17.1.